The van der Waals surface area contributed by atoms with Crippen LogP contribution in [0.25, 0.3) is 16.9 Å². The summed E-state index contributed by atoms with van der Waals surface area (Å²) in [5, 5.41) is 4.86. The first-order valence-electron chi connectivity index (χ1n) is 14.2. The molecular weight excluding hydrogens is 558 g/mol. The molecule has 1 aliphatic carbocycles. The molecule has 0 spiro atoms. The van der Waals surface area contributed by atoms with Gasteiger partial charge in [0.2, 0.25) is 0 Å². The zero-order valence-corrected chi connectivity index (χ0v) is 25.5. The number of nitrogens with one attached hydrogen (secondary N) is 1. The van der Waals surface area contributed by atoms with Crippen LogP contribution in [0.4, 0.5) is 5.69 Å². The van der Waals surface area contributed by atoms with Gasteiger partial charge >= 0.3 is 11.3 Å². The number of nitrogens with zero attached hydrogens (tertiary/aromatic N) is 4. The highest BCUT2D eigenvalue weighted by atomic mass is 32.2. The van der Waals surface area contributed by atoms with Gasteiger partial charge in [-0.15, -0.1) is 5.10 Å². The molecule has 0 bridgehead atoms. The highest BCUT2D eigenvalue weighted by molar-refractivity contribution is 7.78. The Morgan fingerprint density at radius 1 is 1.10 bits per heavy atom. The normalized spacial score (nSPS) is 16.0. The SMILES string of the molecule is CCOc1ccc([N+](C)(CCc2ccc(OC)c(OC)c2)S(=O)O)cc1-c1nn2c(C3CCCC3)nc(C)c2c(=O)[nH]1. The number of aromatic nitrogens is 4. The van der Waals surface area contributed by atoms with Gasteiger partial charge in [0.05, 0.1) is 39.1 Å². The lowest BCUT2D eigenvalue weighted by Gasteiger charge is -2.29. The van der Waals surface area contributed by atoms with Gasteiger partial charge in [0.15, 0.2) is 22.8 Å². The summed E-state index contributed by atoms with van der Waals surface area (Å²) in [4.78, 5) is 21.0. The third kappa shape index (κ3) is 5.53. The maximum atomic E-state index is 13.3. The topological polar surface area (TPSA) is 128 Å². The average Bonchev–Trinajstić information content (AvgIpc) is 3.64. The number of H-pyrrole nitrogens is 1. The van der Waals surface area contributed by atoms with Gasteiger partial charge in [-0.05, 0) is 50.5 Å². The van der Waals surface area contributed by atoms with Crippen molar-refractivity contribution >= 4 is 22.5 Å². The molecule has 42 heavy (non-hydrogen) atoms. The lowest BCUT2D eigenvalue weighted by Crippen LogP contribution is -2.48. The Morgan fingerprint density at radius 3 is 2.48 bits per heavy atom. The molecule has 2 atom stereocenters. The molecule has 4 aromatic rings. The van der Waals surface area contributed by atoms with E-state index < -0.39 is 11.3 Å². The number of imidazole rings is 1. The maximum absolute atomic E-state index is 13.3. The maximum Gasteiger partial charge on any atom is 0.363 e. The summed E-state index contributed by atoms with van der Waals surface area (Å²) in [6.07, 6.45) is 4.78. The van der Waals surface area contributed by atoms with Crippen LogP contribution in [0.5, 0.6) is 17.2 Å². The Bertz CT molecular complexity index is 1680. The van der Waals surface area contributed by atoms with Crippen molar-refractivity contribution in [1.82, 2.24) is 23.5 Å². The third-order valence-electron chi connectivity index (χ3n) is 8.11. The van der Waals surface area contributed by atoms with Gasteiger partial charge in [0.1, 0.15) is 23.8 Å². The fraction of sp³-hybridized carbons (Fsp3) is 0.433. The number of methoxy groups -OCH3 is 2. The standard InChI is InChI=1S/C30H37N5O6S/c1-6-41-24-14-12-22(35(3,42(37)38)16-15-20-11-13-25(39-4)26(17-20)40-5)18-23(24)28-32-30(36)27-19(2)31-29(34(27)33-28)21-9-7-8-10-21/h11-14,17-18,21H,6-10,15-16H2,1-5H3,(H-,32,33,36,37,38)/p+1. The molecule has 1 fully saturated rings. The number of hydrogen-bond acceptors (Lipinski definition) is 7. The molecular formula is C30H38N5O6S+. The van der Waals surface area contributed by atoms with Gasteiger partial charge in [-0.25, -0.2) is 9.50 Å². The van der Waals surface area contributed by atoms with Crippen molar-refractivity contribution < 1.29 is 23.0 Å². The zero-order chi connectivity index (χ0) is 30.0. The van der Waals surface area contributed by atoms with Crippen molar-refractivity contribution in [1.29, 1.82) is 0 Å². The average molecular weight is 597 g/mol. The van der Waals surface area contributed by atoms with E-state index in [1.807, 2.05) is 32.0 Å². The van der Waals surface area contributed by atoms with Crippen LogP contribution in [0, 0.1) is 6.92 Å². The van der Waals surface area contributed by atoms with Gasteiger partial charge in [0.25, 0.3) is 5.56 Å². The van der Waals surface area contributed by atoms with Crippen molar-refractivity contribution in [3.63, 3.8) is 0 Å². The molecule has 12 heteroatoms. The van der Waals surface area contributed by atoms with E-state index in [0.29, 0.717) is 65.1 Å². The van der Waals surface area contributed by atoms with Crippen molar-refractivity contribution in [3.05, 3.63) is 63.8 Å². The Balaban J connectivity index is 1.57. The number of aromatic amines is 1. The smallest absolute Gasteiger partial charge is 0.363 e. The van der Waals surface area contributed by atoms with Crippen LogP contribution in [-0.2, 0) is 17.7 Å². The second kappa shape index (κ2) is 12.2. The van der Waals surface area contributed by atoms with E-state index in [-0.39, 0.29) is 15.4 Å². The van der Waals surface area contributed by atoms with Crippen LogP contribution in [0.2, 0.25) is 0 Å². The molecule has 2 aromatic carbocycles. The summed E-state index contributed by atoms with van der Waals surface area (Å²) in [6, 6.07) is 10.9. The van der Waals surface area contributed by atoms with Crippen LogP contribution < -0.4 is 23.7 Å². The zero-order valence-electron chi connectivity index (χ0n) is 24.7. The predicted molar refractivity (Wildman–Crippen MR) is 163 cm³/mol. The number of likely N-dealkylation sites (N-methyl/N-ethyl adjacent to an activating group) is 1. The number of ether oxygens (including phenoxy) is 3. The monoisotopic (exact) mass is 596 g/mol. The number of rotatable bonds is 11. The molecule has 1 saturated carbocycles. The first-order chi connectivity index (χ1) is 20.2. The quantitative estimate of drug-likeness (QED) is 0.187. The molecule has 2 unspecified atom stereocenters. The minimum absolute atomic E-state index is 0.249. The molecule has 2 aromatic heterocycles. The van der Waals surface area contributed by atoms with Crippen LogP contribution in [0.3, 0.4) is 0 Å². The highest BCUT2D eigenvalue weighted by Crippen LogP contribution is 2.37. The Hall–Kier alpha value is -3.74. The first kappa shape index (κ1) is 29.7. The molecule has 5 rings (SSSR count). The van der Waals surface area contributed by atoms with Gasteiger partial charge in [-0.1, -0.05) is 18.9 Å². The summed E-state index contributed by atoms with van der Waals surface area (Å²) in [5.41, 5.74) is 2.81. The Morgan fingerprint density at radius 2 is 1.81 bits per heavy atom. The van der Waals surface area contributed by atoms with Crippen molar-refractivity contribution in [2.75, 3.05) is 34.4 Å². The Kier molecular flexibility index (Phi) is 8.67. The van der Waals surface area contributed by atoms with Crippen LogP contribution >= 0.6 is 0 Å². The van der Waals surface area contributed by atoms with Crippen molar-refractivity contribution in [3.8, 4) is 28.6 Å². The Labute approximate surface area is 247 Å². The fourth-order valence-electron chi connectivity index (χ4n) is 5.72. The summed E-state index contributed by atoms with van der Waals surface area (Å²) in [6.45, 7) is 4.41. The predicted octanol–water partition coefficient (Wildman–Crippen LogP) is 4.78. The minimum atomic E-state index is -2.28. The van der Waals surface area contributed by atoms with E-state index >= 15 is 0 Å². The number of hydrogen-bond donors (Lipinski definition) is 2. The second-order valence-corrected chi connectivity index (χ2v) is 12.0. The number of fused-ring (bicyclic) bond motifs is 1. The highest BCUT2D eigenvalue weighted by Gasteiger charge is 2.34. The van der Waals surface area contributed by atoms with Crippen molar-refractivity contribution in [2.24, 2.45) is 0 Å². The fourth-order valence-corrected chi connectivity index (χ4v) is 6.26. The molecule has 0 radical (unpaired) electrons. The number of quaternary nitrogens is 1. The molecule has 2 heterocycles. The van der Waals surface area contributed by atoms with Crippen LogP contribution in [0.15, 0.2) is 41.2 Å². The summed E-state index contributed by atoms with van der Waals surface area (Å²) >= 11 is -2.28. The van der Waals surface area contributed by atoms with Crippen LogP contribution in [-0.4, -0.2) is 62.8 Å². The van der Waals surface area contributed by atoms with Gasteiger partial charge < -0.3 is 19.2 Å². The number of benzene rings is 2. The minimum Gasteiger partial charge on any atom is -0.493 e. The van der Waals surface area contributed by atoms with Gasteiger partial charge in [-0.2, -0.15) is 8.10 Å². The van der Waals surface area contributed by atoms with E-state index in [1.54, 1.807) is 44.0 Å². The molecule has 0 saturated heterocycles. The molecule has 0 amide bonds. The lowest BCUT2D eigenvalue weighted by atomic mass is 10.1. The summed E-state index contributed by atoms with van der Waals surface area (Å²) in [5.74, 6) is 3.08. The van der Waals surface area contributed by atoms with Crippen molar-refractivity contribution in [2.45, 2.75) is 51.9 Å². The molecule has 2 N–H and O–H groups in total. The van der Waals surface area contributed by atoms with E-state index in [9.17, 15) is 13.6 Å². The van der Waals surface area contributed by atoms with Crippen LogP contribution in [0.1, 0.15) is 55.6 Å². The molecule has 11 nitrogen and oxygen atoms in total. The summed E-state index contributed by atoms with van der Waals surface area (Å²) < 4.78 is 41.5. The third-order valence-corrected chi connectivity index (χ3v) is 9.19. The van der Waals surface area contributed by atoms with E-state index in [4.69, 9.17) is 24.3 Å². The van der Waals surface area contributed by atoms with E-state index in [0.717, 1.165) is 37.1 Å². The molecule has 224 valence electrons. The first-order valence-corrected chi connectivity index (χ1v) is 15.2. The van der Waals surface area contributed by atoms with Gasteiger partial charge in [-0.3, -0.25) is 9.35 Å². The second-order valence-electron chi connectivity index (χ2n) is 10.7. The summed E-state index contributed by atoms with van der Waals surface area (Å²) in [7, 11) is 4.85. The number of aryl methyl sites for hydroxylation is 1. The lowest BCUT2D eigenvalue weighted by molar-refractivity contribution is 0.341. The molecule has 1 aliphatic rings. The van der Waals surface area contributed by atoms with E-state index in [2.05, 4.69) is 4.98 Å². The molecule has 0 aliphatic heterocycles. The van der Waals surface area contributed by atoms with E-state index in [1.165, 1.54) is 0 Å². The largest absolute Gasteiger partial charge is 0.493 e. The van der Waals surface area contributed by atoms with Gasteiger partial charge in [0, 0.05) is 24.5 Å².